The Morgan fingerprint density at radius 3 is 2.60 bits per heavy atom. The third-order valence-corrected chi connectivity index (χ3v) is 5.29. The fourth-order valence-corrected chi connectivity index (χ4v) is 3.86. The number of hydrogen-bond donors (Lipinski definition) is 1. The van der Waals surface area contributed by atoms with E-state index in [9.17, 15) is 14.7 Å². The number of carbonyl (C=O) groups is 2. The molecule has 5 heteroatoms. The lowest BCUT2D eigenvalue weighted by Crippen LogP contribution is -2.53. The first kappa shape index (κ1) is 17.9. The molecule has 2 heterocycles. The minimum Gasteiger partial charge on any atom is -0.396 e. The molecule has 0 aromatic heterocycles. The van der Waals surface area contributed by atoms with Gasteiger partial charge in [0.25, 0.3) is 0 Å². The van der Waals surface area contributed by atoms with Crippen LogP contribution in [-0.4, -0.2) is 52.5 Å². The van der Waals surface area contributed by atoms with Crippen molar-refractivity contribution >= 4 is 11.8 Å². The number of aliphatic hydroxyl groups excluding tert-OH is 1. The highest BCUT2D eigenvalue weighted by molar-refractivity contribution is 5.88. The largest absolute Gasteiger partial charge is 0.396 e. The van der Waals surface area contributed by atoms with E-state index in [1.165, 1.54) is 0 Å². The summed E-state index contributed by atoms with van der Waals surface area (Å²) in [6.07, 6.45) is 1.88. The Kier molecular flexibility index (Phi) is 5.42. The summed E-state index contributed by atoms with van der Waals surface area (Å²) < 4.78 is 0. The highest BCUT2D eigenvalue weighted by Gasteiger charge is 2.38. The molecule has 3 rings (SSSR count). The van der Waals surface area contributed by atoms with Gasteiger partial charge in [-0.25, -0.2) is 0 Å². The van der Waals surface area contributed by atoms with Gasteiger partial charge in [0.1, 0.15) is 6.04 Å². The van der Waals surface area contributed by atoms with Gasteiger partial charge in [0.15, 0.2) is 0 Å². The molecule has 2 aliphatic rings. The number of carbonyl (C=O) groups excluding carboxylic acids is 2. The van der Waals surface area contributed by atoms with E-state index < -0.39 is 6.04 Å². The van der Waals surface area contributed by atoms with Crippen molar-refractivity contribution in [1.29, 1.82) is 0 Å². The lowest BCUT2D eigenvalue weighted by atomic mass is 9.92. The summed E-state index contributed by atoms with van der Waals surface area (Å²) >= 11 is 0. The average Bonchev–Trinajstić information content (AvgIpc) is 3.08. The molecule has 0 aliphatic carbocycles. The third-order valence-electron chi connectivity index (χ3n) is 5.29. The van der Waals surface area contributed by atoms with Crippen LogP contribution in [0.15, 0.2) is 24.3 Å². The Bertz CT molecular complexity index is 644. The van der Waals surface area contributed by atoms with E-state index in [0.717, 1.165) is 17.5 Å². The molecule has 1 aromatic rings. The third kappa shape index (κ3) is 3.87. The fraction of sp³-hybridized carbons (Fsp3) is 0.600. The van der Waals surface area contributed by atoms with E-state index in [1.807, 2.05) is 36.9 Å². The molecule has 1 fully saturated rings. The molecule has 2 amide bonds. The van der Waals surface area contributed by atoms with E-state index in [1.54, 1.807) is 4.90 Å². The van der Waals surface area contributed by atoms with Crippen LogP contribution in [0.4, 0.5) is 0 Å². The zero-order valence-electron chi connectivity index (χ0n) is 15.1. The van der Waals surface area contributed by atoms with Gasteiger partial charge in [-0.1, -0.05) is 38.1 Å². The van der Waals surface area contributed by atoms with Gasteiger partial charge < -0.3 is 14.9 Å². The molecule has 0 bridgehead atoms. The number of benzene rings is 1. The summed E-state index contributed by atoms with van der Waals surface area (Å²) in [7, 11) is 0. The summed E-state index contributed by atoms with van der Waals surface area (Å²) in [6, 6.07) is 7.66. The molecule has 0 saturated carbocycles. The van der Waals surface area contributed by atoms with Crippen molar-refractivity contribution in [3.8, 4) is 0 Å². The molecular formula is C20H28N2O3. The zero-order valence-corrected chi connectivity index (χ0v) is 15.1. The molecule has 1 N–H and O–H groups in total. The quantitative estimate of drug-likeness (QED) is 0.906. The van der Waals surface area contributed by atoms with Crippen molar-refractivity contribution in [3.05, 3.63) is 35.4 Å². The Morgan fingerprint density at radius 1 is 1.24 bits per heavy atom. The Hall–Kier alpha value is -1.88. The number of fused-ring (bicyclic) bond motifs is 1. The summed E-state index contributed by atoms with van der Waals surface area (Å²) in [5, 5.41) is 9.34. The van der Waals surface area contributed by atoms with Crippen LogP contribution in [0, 0.1) is 11.8 Å². The summed E-state index contributed by atoms with van der Waals surface area (Å²) in [5.41, 5.74) is 2.30. The van der Waals surface area contributed by atoms with Crippen molar-refractivity contribution in [2.24, 2.45) is 11.8 Å². The van der Waals surface area contributed by atoms with Crippen LogP contribution in [-0.2, 0) is 22.6 Å². The Balaban J connectivity index is 1.83. The number of likely N-dealkylation sites (tertiary alicyclic amines) is 1. The highest BCUT2D eigenvalue weighted by Crippen LogP contribution is 2.27. The molecule has 2 unspecified atom stereocenters. The van der Waals surface area contributed by atoms with Gasteiger partial charge in [-0.3, -0.25) is 9.59 Å². The van der Waals surface area contributed by atoms with Gasteiger partial charge in [-0.2, -0.15) is 0 Å². The molecule has 1 aromatic carbocycles. The molecule has 2 atom stereocenters. The second-order valence-corrected chi connectivity index (χ2v) is 7.73. The van der Waals surface area contributed by atoms with Gasteiger partial charge in [-0.05, 0) is 23.5 Å². The highest BCUT2D eigenvalue weighted by atomic mass is 16.3. The topological polar surface area (TPSA) is 60.9 Å². The van der Waals surface area contributed by atoms with Crippen LogP contribution in [0.1, 0.15) is 37.8 Å². The Morgan fingerprint density at radius 2 is 1.96 bits per heavy atom. The standard InChI is InChI=1S/C20H28N2O3/c1-14(2)9-19(24)22-12-17-6-4-3-5-16(17)10-18(22)20(25)21-8-7-15(11-21)13-23/h3-6,14-15,18,23H,7-13H2,1-2H3. The van der Waals surface area contributed by atoms with Crippen LogP contribution in [0.25, 0.3) is 0 Å². The predicted octanol–water partition coefficient (Wildman–Crippen LogP) is 1.83. The van der Waals surface area contributed by atoms with E-state index in [-0.39, 0.29) is 30.3 Å². The Labute approximate surface area is 149 Å². The van der Waals surface area contributed by atoms with Crippen molar-refractivity contribution in [2.75, 3.05) is 19.7 Å². The maximum Gasteiger partial charge on any atom is 0.245 e. The molecule has 0 radical (unpaired) electrons. The van der Waals surface area contributed by atoms with E-state index in [0.29, 0.717) is 32.5 Å². The van der Waals surface area contributed by atoms with Crippen LogP contribution in [0.3, 0.4) is 0 Å². The minimum atomic E-state index is -0.418. The maximum atomic E-state index is 13.1. The van der Waals surface area contributed by atoms with E-state index in [4.69, 9.17) is 0 Å². The molecule has 0 spiro atoms. The minimum absolute atomic E-state index is 0.0301. The SMILES string of the molecule is CC(C)CC(=O)N1Cc2ccccc2CC1C(=O)N1CCC(CO)C1. The number of nitrogens with zero attached hydrogens (tertiary/aromatic N) is 2. The van der Waals surface area contributed by atoms with Crippen LogP contribution in [0.5, 0.6) is 0 Å². The molecular weight excluding hydrogens is 316 g/mol. The van der Waals surface area contributed by atoms with Crippen LogP contribution >= 0.6 is 0 Å². The normalized spacial score (nSPS) is 23.0. The lowest BCUT2D eigenvalue weighted by molar-refractivity contribution is -0.147. The summed E-state index contributed by atoms with van der Waals surface area (Å²) in [6.45, 7) is 5.95. The zero-order chi connectivity index (χ0) is 18.0. The van der Waals surface area contributed by atoms with Crippen LogP contribution in [0.2, 0.25) is 0 Å². The molecule has 2 aliphatic heterocycles. The second kappa shape index (κ2) is 7.56. The number of hydrogen-bond acceptors (Lipinski definition) is 3. The summed E-state index contributed by atoms with van der Waals surface area (Å²) in [4.78, 5) is 29.5. The molecule has 1 saturated heterocycles. The summed E-state index contributed by atoms with van der Waals surface area (Å²) in [5.74, 6) is 0.522. The van der Waals surface area contributed by atoms with Crippen molar-refractivity contribution < 1.29 is 14.7 Å². The monoisotopic (exact) mass is 344 g/mol. The lowest BCUT2D eigenvalue weighted by Gasteiger charge is -2.38. The molecule has 136 valence electrons. The number of aliphatic hydroxyl groups is 1. The van der Waals surface area contributed by atoms with Crippen molar-refractivity contribution in [2.45, 2.75) is 45.7 Å². The van der Waals surface area contributed by atoms with Gasteiger partial charge in [0.05, 0.1) is 0 Å². The molecule has 5 nitrogen and oxygen atoms in total. The fourth-order valence-electron chi connectivity index (χ4n) is 3.86. The molecule has 25 heavy (non-hydrogen) atoms. The smallest absolute Gasteiger partial charge is 0.245 e. The van der Waals surface area contributed by atoms with Gasteiger partial charge >= 0.3 is 0 Å². The van der Waals surface area contributed by atoms with Crippen molar-refractivity contribution in [1.82, 2.24) is 9.80 Å². The van der Waals surface area contributed by atoms with Crippen molar-refractivity contribution in [3.63, 3.8) is 0 Å². The van der Waals surface area contributed by atoms with Gasteiger partial charge in [0, 0.05) is 45.0 Å². The first-order valence-electron chi connectivity index (χ1n) is 9.25. The van der Waals surface area contributed by atoms with E-state index in [2.05, 4.69) is 6.07 Å². The number of amides is 2. The predicted molar refractivity (Wildman–Crippen MR) is 95.7 cm³/mol. The van der Waals surface area contributed by atoms with Gasteiger partial charge in [-0.15, -0.1) is 0 Å². The first-order chi connectivity index (χ1) is 12.0. The average molecular weight is 344 g/mol. The van der Waals surface area contributed by atoms with Crippen LogP contribution < -0.4 is 0 Å². The van der Waals surface area contributed by atoms with Gasteiger partial charge in [0.2, 0.25) is 11.8 Å². The first-order valence-corrected chi connectivity index (χ1v) is 9.25. The second-order valence-electron chi connectivity index (χ2n) is 7.73. The van der Waals surface area contributed by atoms with E-state index >= 15 is 0 Å². The maximum absolute atomic E-state index is 13.1. The number of rotatable bonds is 4.